The maximum absolute atomic E-state index is 13.1. The van der Waals surface area contributed by atoms with Crippen LogP contribution in [0.4, 0.5) is 0 Å². The molecule has 0 heterocycles. The molecule has 0 aliphatic carbocycles. The molecule has 0 aromatic rings. The van der Waals surface area contributed by atoms with E-state index < -0.39 is 97.5 Å². The quantitative estimate of drug-likeness (QED) is 0.0222. The van der Waals surface area contributed by atoms with E-state index in [-0.39, 0.29) is 25.7 Å². The lowest BCUT2D eigenvalue weighted by Gasteiger charge is -2.21. The van der Waals surface area contributed by atoms with E-state index in [1.54, 1.807) is 0 Å². The predicted octanol–water partition coefficient (Wildman–Crippen LogP) is 23.2. The molecule has 0 fully saturated rings. The van der Waals surface area contributed by atoms with Crippen LogP contribution in [-0.2, 0) is 65.4 Å². The van der Waals surface area contributed by atoms with Crippen molar-refractivity contribution in [2.24, 2.45) is 23.7 Å². The fraction of sp³-hybridized carbons (Fsp3) is 0.949. The third kappa shape index (κ3) is 72.4. The monoisotopic (exact) mass is 1440 g/mol. The molecule has 0 saturated carbocycles. The standard InChI is InChI=1S/C79H154O17P2/c1-69(2)55-47-39-31-26-22-18-14-11-9-10-12-16-20-24-28-34-45-53-62-79(84)96-75(66-90-77(82)60-52-44-38-37-42-50-58-72(7)8)68-94-98(87,88)92-64-73(80)63-91-97(85,86)93-67-74(65-89-76(81)59-51-43-36-30-33-41-49-57-71(5)6)95-78(83)61-54-46-35-29-25-21-17-13-15-19-23-27-32-40-48-56-70(3)4/h69-75,80H,9-68H2,1-8H3,(H,85,86)(H,87,88)/t73?,74-,75-/m1/s1. The average Bonchev–Trinajstić information content (AvgIpc) is 1.03. The number of ether oxygens (including phenoxy) is 4. The van der Waals surface area contributed by atoms with Crippen molar-refractivity contribution in [3.05, 3.63) is 0 Å². The van der Waals surface area contributed by atoms with Gasteiger partial charge in [-0.2, -0.15) is 0 Å². The summed E-state index contributed by atoms with van der Waals surface area (Å²) in [6, 6.07) is 0. The molecule has 17 nitrogen and oxygen atoms in total. The highest BCUT2D eigenvalue weighted by Gasteiger charge is 2.30. The number of esters is 4. The van der Waals surface area contributed by atoms with Crippen molar-refractivity contribution in [1.82, 2.24) is 0 Å². The molecular formula is C79H154O17P2. The van der Waals surface area contributed by atoms with Gasteiger partial charge in [0.15, 0.2) is 12.2 Å². The van der Waals surface area contributed by atoms with Gasteiger partial charge in [0.1, 0.15) is 19.3 Å². The van der Waals surface area contributed by atoms with Gasteiger partial charge in [-0.15, -0.1) is 0 Å². The van der Waals surface area contributed by atoms with Crippen molar-refractivity contribution in [2.45, 2.75) is 420 Å². The molecule has 0 amide bonds. The van der Waals surface area contributed by atoms with E-state index in [4.69, 9.17) is 37.0 Å². The Labute approximate surface area is 600 Å². The first-order chi connectivity index (χ1) is 47.1. The van der Waals surface area contributed by atoms with Crippen LogP contribution in [0.15, 0.2) is 0 Å². The molecule has 0 spiro atoms. The van der Waals surface area contributed by atoms with Crippen LogP contribution in [0.2, 0.25) is 0 Å². The van der Waals surface area contributed by atoms with E-state index in [9.17, 15) is 43.2 Å². The molecule has 0 aromatic carbocycles. The second-order valence-electron chi connectivity index (χ2n) is 30.4. The number of hydrogen-bond acceptors (Lipinski definition) is 15. The van der Waals surface area contributed by atoms with Crippen LogP contribution < -0.4 is 0 Å². The Morgan fingerprint density at radius 3 is 0.633 bits per heavy atom. The number of aliphatic hydroxyl groups is 1. The third-order valence-corrected chi connectivity index (χ3v) is 20.2. The van der Waals surface area contributed by atoms with Crippen LogP contribution in [0.3, 0.4) is 0 Å². The van der Waals surface area contributed by atoms with Gasteiger partial charge in [0, 0.05) is 25.7 Å². The summed E-state index contributed by atoms with van der Waals surface area (Å²) in [4.78, 5) is 72.8. The molecule has 5 atom stereocenters. The molecule has 0 aliphatic rings. The minimum atomic E-state index is -4.96. The third-order valence-electron chi connectivity index (χ3n) is 18.3. The molecule has 0 bridgehead atoms. The number of rotatable bonds is 76. The van der Waals surface area contributed by atoms with Crippen molar-refractivity contribution >= 4 is 39.5 Å². The van der Waals surface area contributed by atoms with Crippen LogP contribution in [-0.4, -0.2) is 96.7 Å². The highest BCUT2D eigenvalue weighted by atomic mass is 31.2. The van der Waals surface area contributed by atoms with E-state index in [0.29, 0.717) is 37.5 Å². The van der Waals surface area contributed by atoms with Crippen LogP contribution in [0, 0.1) is 23.7 Å². The minimum absolute atomic E-state index is 0.106. The Balaban J connectivity index is 5.15. The van der Waals surface area contributed by atoms with Crippen molar-refractivity contribution in [2.75, 3.05) is 39.6 Å². The van der Waals surface area contributed by atoms with Crippen LogP contribution in [0.1, 0.15) is 402 Å². The molecule has 0 radical (unpaired) electrons. The summed E-state index contributed by atoms with van der Waals surface area (Å²) >= 11 is 0. The number of aliphatic hydroxyl groups excluding tert-OH is 1. The number of phosphoric acid groups is 2. The van der Waals surface area contributed by atoms with Gasteiger partial charge in [0.05, 0.1) is 26.4 Å². The highest BCUT2D eigenvalue weighted by molar-refractivity contribution is 7.47. The number of unbranched alkanes of at least 4 members (excludes halogenated alkanes) is 42. The Bertz CT molecular complexity index is 1920. The van der Waals surface area contributed by atoms with E-state index in [1.807, 2.05) is 0 Å². The molecule has 0 rings (SSSR count). The molecule has 3 unspecified atom stereocenters. The van der Waals surface area contributed by atoms with Crippen LogP contribution >= 0.6 is 15.6 Å². The number of phosphoric ester groups is 2. The maximum atomic E-state index is 13.1. The molecule has 0 aliphatic heterocycles. The van der Waals surface area contributed by atoms with Crippen LogP contribution in [0.25, 0.3) is 0 Å². The van der Waals surface area contributed by atoms with E-state index >= 15 is 0 Å². The highest BCUT2D eigenvalue weighted by Crippen LogP contribution is 2.45. The molecule has 98 heavy (non-hydrogen) atoms. The van der Waals surface area contributed by atoms with Gasteiger partial charge in [0.2, 0.25) is 0 Å². The topological polar surface area (TPSA) is 237 Å². The summed E-state index contributed by atoms with van der Waals surface area (Å²) in [5.74, 6) is 0.886. The number of hydrogen-bond donors (Lipinski definition) is 3. The summed E-state index contributed by atoms with van der Waals surface area (Å²) in [5.41, 5.74) is 0. The first-order valence-electron chi connectivity index (χ1n) is 40.7. The summed E-state index contributed by atoms with van der Waals surface area (Å²) < 4.78 is 68.5. The molecule has 582 valence electrons. The Morgan fingerprint density at radius 2 is 0.429 bits per heavy atom. The second kappa shape index (κ2) is 68.2. The molecular weight excluding hydrogens is 1280 g/mol. The lowest BCUT2D eigenvalue weighted by Crippen LogP contribution is -2.30. The van der Waals surface area contributed by atoms with Gasteiger partial charge in [0.25, 0.3) is 0 Å². The SMILES string of the molecule is CC(C)CCCCCCCCCCCCCCCCCCCCC(=O)O[C@H](COC(=O)CCCCCCCCC(C)C)COP(=O)(O)OCC(O)COP(=O)(O)OC[C@@H](COC(=O)CCCCCCCCCC(C)C)OC(=O)CCCCCCCCCCCCCCCCCC(C)C. The normalized spacial score (nSPS) is 14.1. The van der Waals surface area contributed by atoms with Crippen molar-refractivity contribution in [1.29, 1.82) is 0 Å². The maximum Gasteiger partial charge on any atom is 0.472 e. The zero-order chi connectivity index (χ0) is 72.4. The molecule has 19 heteroatoms. The minimum Gasteiger partial charge on any atom is -0.462 e. The fourth-order valence-corrected chi connectivity index (χ4v) is 13.7. The first kappa shape index (κ1) is 96.1. The van der Waals surface area contributed by atoms with Crippen molar-refractivity contribution < 1.29 is 80.2 Å². The van der Waals surface area contributed by atoms with E-state index in [1.165, 1.54) is 193 Å². The Hall–Kier alpha value is -1.94. The van der Waals surface area contributed by atoms with Crippen molar-refractivity contribution in [3.63, 3.8) is 0 Å². The molecule has 3 N–H and O–H groups in total. The van der Waals surface area contributed by atoms with Gasteiger partial charge in [-0.25, -0.2) is 9.13 Å². The smallest absolute Gasteiger partial charge is 0.462 e. The van der Waals surface area contributed by atoms with Gasteiger partial charge in [-0.3, -0.25) is 37.3 Å². The second-order valence-corrected chi connectivity index (χ2v) is 33.3. The lowest BCUT2D eigenvalue weighted by atomic mass is 10.0. The van der Waals surface area contributed by atoms with Gasteiger partial charge in [-0.1, -0.05) is 351 Å². The zero-order valence-corrected chi connectivity index (χ0v) is 66.2. The number of carbonyl (C=O) groups excluding carboxylic acids is 4. The summed E-state index contributed by atoms with van der Waals surface area (Å²) in [6.45, 7) is 14.1. The van der Waals surface area contributed by atoms with Gasteiger partial charge in [-0.05, 0) is 49.4 Å². The first-order valence-corrected chi connectivity index (χ1v) is 43.7. The average molecular weight is 1440 g/mol. The number of carbonyl (C=O) groups is 4. The van der Waals surface area contributed by atoms with E-state index in [0.717, 1.165) is 115 Å². The largest absolute Gasteiger partial charge is 0.472 e. The summed E-state index contributed by atoms with van der Waals surface area (Å²) in [6.07, 6.45) is 54.5. The Morgan fingerprint density at radius 1 is 0.255 bits per heavy atom. The van der Waals surface area contributed by atoms with Gasteiger partial charge >= 0.3 is 39.5 Å². The summed E-state index contributed by atoms with van der Waals surface area (Å²) in [5, 5.41) is 10.6. The van der Waals surface area contributed by atoms with Gasteiger partial charge < -0.3 is 33.8 Å². The van der Waals surface area contributed by atoms with Crippen molar-refractivity contribution in [3.8, 4) is 0 Å². The Kier molecular flexibility index (Phi) is 66.8. The molecule has 0 aromatic heterocycles. The predicted molar refractivity (Wildman–Crippen MR) is 400 cm³/mol. The summed E-state index contributed by atoms with van der Waals surface area (Å²) in [7, 11) is -9.92. The van der Waals surface area contributed by atoms with E-state index in [2.05, 4.69) is 55.4 Å². The fourth-order valence-electron chi connectivity index (χ4n) is 12.1. The molecule has 0 saturated heterocycles. The van der Waals surface area contributed by atoms with Crippen LogP contribution in [0.5, 0.6) is 0 Å². The zero-order valence-electron chi connectivity index (χ0n) is 64.4. The lowest BCUT2D eigenvalue weighted by molar-refractivity contribution is -0.161.